The maximum Gasteiger partial charge on any atom is 0.359 e. The monoisotopic (exact) mass is 300 g/mol. The Morgan fingerprint density at radius 2 is 2.05 bits per heavy atom. The lowest BCUT2D eigenvalue weighted by atomic mass is 10.3. The van der Waals surface area contributed by atoms with Crippen LogP contribution in [0.15, 0.2) is 6.33 Å². The number of methoxy groups -OCH3 is 1. The SMILES string of the molecule is COC(=O)c1ncn(COCC[Si](C)(C)C)c1C(=O)O. The second-order valence-corrected chi connectivity index (χ2v) is 11.2. The minimum atomic E-state index is -1.24. The Morgan fingerprint density at radius 1 is 1.40 bits per heavy atom. The highest BCUT2D eigenvalue weighted by atomic mass is 28.3. The molecule has 0 radical (unpaired) electrons. The van der Waals surface area contributed by atoms with Crippen molar-refractivity contribution in [3.05, 3.63) is 17.7 Å². The number of carbonyl (C=O) groups is 2. The van der Waals surface area contributed by atoms with Gasteiger partial charge in [-0.1, -0.05) is 19.6 Å². The molecule has 0 amide bonds. The van der Waals surface area contributed by atoms with Crippen LogP contribution in [0.1, 0.15) is 21.0 Å². The van der Waals surface area contributed by atoms with Crippen LogP contribution in [0, 0.1) is 0 Å². The van der Waals surface area contributed by atoms with Gasteiger partial charge >= 0.3 is 11.9 Å². The van der Waals surface area contributed by atoms with E-state index in [-0.39, 0.29) is 18.1 Å². The molecular weight excluding hydrogens is 280 g/mol. The summed E-state index contributed by atoms with van der Waals surface area (Å²) in [6.45, 7) is 7.29. The number of ether oxygens (including phenoxy) is 2. The van der Waals surface area contributed by atoms with Gasteiger partial charge in [-0.15, -0.1) is 0 Å². The Balaban J connectivity index is 2.73. The molecule has 0 saturated carbocycles. The van der Waals surface area contributed by atoms with Gasteiger partial charge in [0.1, 0.15) is 6.73 Å². The molecule has 7 nitrogen and oxygen atoms in total. The van der Waals surface area contributed by atoms with Crippen LogP contribution in [0.5, 0.6) is 0 Å². The van der Waals surface area contributed by atoms with E-state index < -0.39 is 20.0 Å². The standard InChI is InChI=1S/C12H20N2O5Si/c1-18-12(17)9-10(11(15)16)14(7-13-9)8-19-5-6-20(2,3)4/h7H,5-6,8H2,1-4H3,(H,15,16). The van der Waals surface area contributed by atoms with E-state index in [0.29, 0.717) is 6.61 Å². The molecule has 0 spiro atoms. The van der Waals surface area contributed by atoms with Crippen molar-refractivity contribution in [2.75, 3.05) is 13.7 Å². The summed E-state index contributed by atoms with van der Waals surface area (Å²) < 4.78 is 11.2. The molecule has 0 atom stereocenters. The Morgan fingerprint density at radius 3 is 2.55 bits per heavy atom. The van der Waals surface area contributed by atoms with E-state index in [9.17, 15) is 9.59 Å². The molecular formula is C12H20N2O5Si. The van der Waals surface area contributed by atoms with Crippen LogP contribution in [0.4, 0.5) is 0 Å². The second kappa shape index (κ2) is 6.66. The van der Waals surface area contributed by atoms with Gasteiger partial charge in [0, 0.05) is 14.7 Å². The van der Waals surface area contributed by atoms with Crippen molar-refractivity contribution >= 4 is 20.0 Å². The smallest absolute Gasteiger partial charge is 0.359 e. The zero-order valence-electron chi connectivity index (χ0n) is 12.2. The van der Waals surface area contributed by atoms with Crippen LogP contribution in [0.2, 0.25) is 25.7 Å². The average Bonchev–Trinajstić information content (AvgIpc) is 2.76. The topological polar surface area (TPSA) is 90.6 Å². The molecule has 1 aromatic rings. The number of nitrogens with zero attached hydrogens (tertiary/aromatic N) is 2. The minimum Gasteiger partial charge on any atom is -0.476 e. The van der Waals surface area contributed by atoms with Gasteiger partial charge in [0.25, 0.3) is 0 Å². The number of hydrogen-bond donors (Lipinski definition) is 1. The first-order chi connectivity index (χ1) is 9.26. The van der Waals surface area contributed by atoms with Gasteiger partial charge < -0.3 is 19.1 Å². The highest BCUT2D eigenvalue weighted by Crippen LogP contribution is 2.11. The maximum absolute atomic E-state index is 11.4. The number of imidazole rings is 1. The van der Waals surface area contributed by atoms with Gasteiger partial charge in [-0.25, -0.2) is 14.6 Å². The molecule has 20 heavy (non-hydrogen) atoms. The first kappa shape index (κ1) is 16.4. The summed E-state index contributed by atoms with van der Waals surface area (Å²) in [6, 6.07) is 0.980. The molecule has 0 aliphatic rings. The van der Waals surface area contributed by atoms with Crippen molar-refractivity contribution in [3.8, 4) is 0 Å². The molecule has 0 bridgehead atoms. The third-order valence-electron chi connectivity index (χ3n) is 2.65. The summed E-state index contributed by atoms with van der Waals surface area (Å²) in [5.41, 5.74) is -0.432. The number of carboxylic acid groups (broad SMARTS) is 1. The summed E-state index contributed by atoms with van der Waals surface area (Å²) in [7, 11) is -0.0116. The lowest BCUT2D eigenvalue weighted by Crippen LogP contribution is -2.22. The number of esters is 1. The fourth-order valence-electron chi connectivity index (χ4n) is 1.49. The van der Waals surface area contributed by atoms with Crippen molar-refractivity contribution in [3.63, 3.8) is 0 Å². The van der Waals surface area contributed by atoms with E-state index in [4.69, 9.17) is 9.84 Å². The highest BCUT2D eigenvalue weighted by Gasteiger charge is 2.24. The van der Waals surface area contributed by atoms with Gasteiger partial charge in [0.15, 0.2) is 11.4 Å². The van der Waals surface area contributed by atoms with Crippen LogP contribution in [0.25, 0.3) is 0 Å². The van der Waals surface area contributed by atoms with Crippen LogP contribution >= 0.6 is 0 Å². The Hall–Kier alpha value is -1.67. The molecule has 112 valence electrons. The van der Waals surface area contributed by atoms with Crippen molar-refractivity contribution < 1.29 is 24.2 Å². The van der Waals surface area contributed by atoms with Gasteiger partial charge in [0.05, 0.1) is 13.4 Å². The molecule has 0 unspecified atom stereocenters. The summed E-state index contributed by atoms with van der Waals surface area (Å²) in [6.07, 6.45) is 1.27. The molecule has 1 heterocycles. The molecule has 0 fully saturated rings. The van der Waals surface area contributed by atoms with E-state index in [1.807, 2.05) is 0 Å². The summed E-state index contributed by atoms with van der Waals surface area (Å²) in [5.74, 6) is -2.01. The third-order valence-corrected chi connectivity index (χ3v) is 4.35. The van der Waals surface area contributed by atoms with E-state index in [2.05, 4.69) is 29.4 Å². The fraction of sp³-hybridized carbons (Fsp3) is 0.583. The molecule has 1 rings (SSSR count). The van der Waals surface area contributed by atoms with Crippen LogP contribution in [-0.4, -0.2) is 48.4 Å². The van der Waals surface area contributed by atoms with Gasteiger partial charge in [-0.2, -0.15) is 0 Å². The molecule has 1 aromatic heterocycles. The van der Waals surface area contributed by atoms with Crippen LogP contribution in [-0.2, 0) is 16.2 Å². The van der Waals surface area contributed by atoms with Gasteiger partial charge in [-0.3, -0.25) is 0 Å². The van der Waals surface area contributed by atoms with Crippen LogP contribution in [0.3, 0.4) is 0 Å². The molecule has 0 saturated heterocycles. The summed E-state index contributed by atoms with van der Waals surface area (Å²) in [4.78, 5) is 26.4. The lowest BCUT2D eigenvalue weighted by Gasteiger charge is -2.15. The Kier molecular flexibility index (Phi) is 5.46. The number of rotatable bonds is 7. The first-order valence-corrected chi connectivity index (χ1v) is 9.91. The predicted octanol–water partition coefficient (Wildman–Crippen LogP) is 1.68. The zero-order valence-corrected chi connectivity index (χ0v) is 13.2. The minimum absolute atomic E-state index is 0.0517. The van der Waals surface area contributed by atoms with Crippen molar-refractivity contribution in [2.24, 2.45) is 0 Å². The number of aromatic nitrogens is 2. The number of hydrogen-bond acceptors (Lipinski definition) is 5. The van der Waals surface area contributed by atoms with E-state index in [1.54, 1.807) is 0 Å². The number of carboxylic acids is 1. The Bertz CT molecular complexity index is 493. The van der Waals surface area contributed by atoms with Crippen molar-refractivity contribution in [1.29, 1.82) is 0 Å². The fourth-order valence-corrected chi connectivity index (χ4v) is 2.25. The van der Waals surface area contributed by atoms with Gasteiger partial charge in [-0.05, 0) is 6.04 Å². The number of aromatic carboxylic acids is 1. The molecule has 0 aliphatic heterocycles. The highest BCUT2D eigenvalue weighted by molar-refractivity contribution is 6.76. The van der Waals surface area contributed by atoms with E-state index in [1.165, 1.54) is 18.0 Å². The first-order valence-electron chi connectivity index (χ1n) is 6.20. The van der Waals surface area contributed by atoms with Crippen molar-refractivity contribution in [1.82, 2.24) is 9.55 Å². The molecule has 0 aromatic carbocycles. The predicted molar refractivity (Wildman–Crippen MR) is 74.6 cm³/mol. The molecule has 0 aliphatic carbocycles. The summed E-state index contributed by atoms with van der Waals surface area (Å²) >= 11 is 0. The largest absolute Gasteiger partial charge is 0.476 e. The van der Waals surface area contributed by atoms with E-state index in [0.717, 1.165) is 6.04 Å². The zero-order chi connectivity index (χ0) is 15.3. The maximum atomic E-state index is 11.4. The van der Waals surface area contributed by atoms with Crippen LogP contribution < -0.4 is 0 Å². The van der Waals surface area contributed by atoms with Gasteiger partial charge in [0.2, 0.25) is 0 Å². The average molecular weight is 300 g/mol. The quantitative estimate of drug-likeness (QED) is 0.468. The van der Waals surface area contributed by atoms with E-state index >= 15 is 0 Å². The summed E-state index contributed by atoms with van der Waals surface area (Å²) in [5, 5.41) is 9.15. The Labute approximate surface area is 118 Å². The molecule has 8 heteroatoms. The third kappa shape index (κ3) is 4.46. The normalized spacial score (nSPS) is 11.4. The molecule has 1 N–H and O–H groups in total. The lowest BCUT2D eigenvalue weighted by molar-refractivity contribution is 0.0556. The van der Waals surface area contributed by atoms with Crippen molar-refractivity contribution in [2.45, 2.75) is 32.4 Å². The second-order valence-electron chi connectivity index (χ2n) is 5.56. The number of carbonyl (C=O) groups excluding carboxylic acids is 1.